The molecule has 0 bridgehead atoms. The van der Waals surface area contributed by atoms with Gasteiger partial charge in [0.1, 0.15) is 6.23 Å². The third-order valence-corrected chi connectivity index (χ3v) is 16.4. The van der Waals surface area contributed by atoms with Gasteiger partial charge in [0.05, 0.1) is 25.0 Å². The van der Waals surface area contributed by atoms with Crippen LogP contribution in [0.15, 0.2) is 0 Å². The van der Waals surface area contributed by atoms with E-state index in [9.17, 15) is 0 Å². The Balaban J connectivity index is 1.19. The van der Waals surface area contributed by atoms with Gasteiger partial charge in [0.15, 0.2) is 0 Å². The molecule has 8 fully saturated rings. The molecule has 0 aromatic heterocycles. The molecular formula is C43H74N2O3. The molecule has 4 saturated carbocycles. The lowest BCUT2D eigenvalue weighted by Crippen LogP contribution is -2.68. The number of nitrogens with one attached hydrogen (secondary N) is 1. The van der Waals surface area contributed by atoms with Crippen LogP contribution >= 0.6 is 0 Å². The first-order chi connectivity index (χ1) is 23.2. The minimum atomic E-state index is -0.584. The van der Waals surface area contributed by atoms with E-state index in [4.69, 9.17) is 14.2 Å². The summed E-state index contributed by atoms with van der Waals surface area (Å²) in [5.74, 6) is 7.20. The molecule has 0 aromatic rings. The van der Waals surface area contributed by atoms with Crippen molar-refractivity contribution in [1.82, 2.24) is 10.2 Å². The maximum atomic E-state index is 7.75. The molecule has 1 N–H and O–H groups in total. The van der Waals surface area contributed by atoms with E-state index in [0.717, 1.165) is 36.8 Å². The smallest absolute Gasteiger partial charge is 0.235 e. The molecular weight excluding hydrogens is 592 g/mol. The lowest BCUT2D eigenvalue weighted by Gasteiger charge is -2.55. The fraction of sp³-hybridized carbons (Fsp3) is 1.00. The highest BCUT2D eigenvalue weighted by Gasteiger charge is 2.71. The summed E-state index contributed by atoms with van der Waals surface area (Å²) in [7, 11) is 0. The summed E-state index contributed by atoms with van der Waals surface area (Å²) < 4.78 is 22.9. The van der Waals surface area contributed by atoms with Crippen LogP contribution in [0.3, 0.4) is 0 Å². The Kier molecular flexibility index (Phi) is 9.92. The van der Waals surface area contributed by atoms with E-state index in [1.165, 1.54) is 103 Å². The molecule has 4 heterocycles. The summed E-state index contributed by atoms with van der Waals surface area (Å²) in [4.78, 5) is 2.86. The van der Waals surface area contributed by atoms with E-state index < -0.39 is 5.91 Å². The van der Waals surface area contributed by atoms with Crippen molar-refractivity contribution in [3.8, 4) is 0 Å². The fourth-order valence-corrected chi connectivity index (χ4v) is 14.4. The standard InChI is InChI=1S/C43H74N2O3/c1-8-26(9-2)36-23-37(27(10-3)11-4)48-43(47-36)35-22-29-17-13-12-16-28(29)20-32(35)39-38-33-21-30-18-14-15-19-31(30)34(24-42(5,6)7)40(33)46-41(38)44-25-45(39)43/h26-41,44H,8-25H2,1-7H3. The van der Waals surface area contributed by atoms with Crippen molar-refractivity contribution in [1.29, 1.82) is 0 Å². The molecule has 4 aliphatic heterocycles. The minimum Gasteiger partial charge on any atom is -0.359 e. The van der Waals surface area contributed by atoms with Gasteiger partial charge in [-0.15, -0.1) is 0 Å². The van der Waals surface area contributed by atoms with Crippen LogP contribution in [0.4, 0.5) is 0 Å². The van der Waals surface area contributed by atoms with Crippen LogP contribution in [-0.2, 0) is 14.2 Å². The molecule has 0 amide bonds. The average molecular weight is 667 g/mol. The Labute approximate surface area is 295 Å². The molecule has 274 valence electrons. The van der Waals surface area contributed by atoms with Gasteiger partial charge in [-0.2, -0.15) is 0 Å². The molecule has 4 aliphatic carbocycles. The third-order valence-electron chi connectivity index (χ3n) is 16.4. The minimum absolute atomic E-state index is 0.192. The van der Waals surface area contributed by atoms with E-state index in [0.29, 0.717) is 71.2 Å². The lowest BCUT2D eigenvalue weighted by molar-refractivity contribution is -0.407. The first kappa shape index (κ1) is 34.9. The Morgan fingerprint density at radius 1 is 0.708 bits per heavy atom. The third kappa shape index (κ3) is 5.81. The second-order valence-electron chi connectivity index (χ2n) is 19.8. The zero-order valence-electron chi connectivity index (χ0n) is 32.1. The Morgan fingerprint density at radius 3 is 1.92 bits per heavy atom. The summed E-state index contributed by atoms with van der Waals surface area (Å²) >= 11 is 0. The van der Waals surface area contributed by atoms with Crippen LogP contribution in [0, 0.1) is 70.5 Å². The number of fused-ring (bicyclic) bond motifs is 11. The fourth-order valence-electron chi connectivity index (χ4n) is 14.4. The van der Waals surface area contributed by atoms with Crippen molar-refractivity contribution in [3.05, 3.63) is 0 Å². The average Bonchev–Trinajstić information content (AvgIpc) is 3.57. The number of rotatable bonds is 7. The van der Waals surface area contributed by atoms with Crippen LogP contribution in [0.2, 0.25) is 0 Å². The first-order valence-corrected chi connectivity index (χ1v) is 21.7. The van der Waals surface area contributed by atoms with Crippen LogP contribution in [0.25, 0.3) is 0 Å². The van der Waals surface area contributed by atoms with E-state index in [-0.39, 0.29) is 6.23 Å². The van der Waals surface area contributed by atoms with E-state index in [1.54, 1.807) is 0 Å². The van der Waals surface area contributed by atoms with Crippen molar-refractivity contribution >= 4 is 0 Å². The van der Waals surface area contributed by atoms with Crippen molar-refractivity contribution < 1.29 is 14.2 Å². The molecule has 0 radical (unpaired) electrons. The predicted molar refractivity (Wildman–Crippen MR) is 194 cm³/mol. The number of hydrogen-bond donors (Lipinski definition) is 1. The maximum absolute atomic E-state index is 7.75. The molecule has 8 rings (SSSR count). The van der Waals surface area contributed by atoms with Crippen LogP contribution in [0.5, 0.6) is 0 Å². The summed E-state index contributed by atoms with van der Waals surface area (Å²) in [5, 5.41) is 4.11. The van der Waals surface area contributed by atoms with Gasteiger partial charge in [0, 0.05) is 24.3 Å². The second-order valence-corrected chi connectivity index (χ2v) is 19.8. The highest BCUT2D eigenvalue weighted by atomic mass is 16.7. The van der Waals surface area contributed by atoms with E-state index >= 15 is 0 Å². The van der Waals surface area contributed by atoms with E-state index in [1.807, 2.05) is 0 Å². The summed E-state index contributed by atoms with van der Waals surface area (Å²) in [6.07, 6.45) is 24.0. The molecule has 14 unspecified atom stereocenters. The Morgan fingerprint density at radius 2 is 1.29 bits per heavy atom. The van der Waals surface area contributed by atoms with Crippen molar-refractivity contribution in [2.24, 2.45) is 70.5 Å². The molecule has 8 aliphatic rings. The van der Waals surface area contributed by atoms with Gasteiger partial charge in [-0.25, -0.2) is 4.90 Å². The van der Waals surface area contributed by atoms with Crippen LogP contribution in [0.1, 0.15) is 158 Å². The van der Waals surface area contributed by atoms with Crippen molar-refractivity contribution in [2.75, 3.05) is 6.67 Å². The zero-order chi connectivity index (χ0) is 33.4. The number of nitrogens with zero attached hydrogens (tertiary/aromatic N) is 1. The normalized spacial score (nSPS) is 48.9. The van der Waals surface area contributed by atoms with Gasteiger partial charge in [-0.1, -0.05) is 119 Å². The molecule has 1 spiro atoms. The molecule has 5 heteroatoms. The predicted octanol–water partition coefficient (Wildman–Crippen LogP) is 9.98. The highest BCUT2D eigenvalue weighted by Crippen LogP contribution is 2.65. The summed E-state index contributed by atoms with van der Waals surface area (Å²) in [6.45, 7) is 17.9. The molecule has 4 saturated heterocycles. The Hall–Kier alpha value is -0.200. The van der Waals surface area contributed by atoms with Gasteiger partial charge in [0.2, 0.25) is 5.91 Å². The Bertz CT molecular complexity index is 1080. The zero-order valence-corrected chi connectivity index (χ0v) is 32.1. The molecule has 48 heavy (non-hydrogen) atoms. The SMILES string of the molecule is CCC(CC)C1CC(C(CC)CC)OC2(O1)C1CC3CCCCC3CC1C1C3C(NCN12)OC1C(CC(C)(C)C)C2CCCCC2CC13. The van der Waals surface area contributed by atoms with Crippen LogP contribution in [-0.4, -0.2) is 48.1 Å². The molecule has 5 nitrogen and oxygen atoms in total. The van der Waals surface area contributed by atoms with Gasteiger partial charge in [-0.05, 0) is 90.8 Å². The molecule has 14 atom stereocenters. The quantitative estimate of drug-likeness (QED) is 0.293. The number of ether oxygens (including phenoxy) is 3. The first-order valence-electron chi connectivity index (χ1n) is 21.7. The largest absolute Gasteiger partial charge is 0.359 e. The monoisotopic (exact) mass is 667 g/mol. The second kappa shape index (κ2) is 13.7. The maximum Gasteiger partial charge on any atom is 0.235 e. The topological polar surface area (TPSA) is 43.0 Å². The molecule has 0 aromatic carbocycles. The number of hydrogen-bond acceptors (Lipinski definition) is 5. The van der Waals surface area contributed by atoms with Gasteiger partial charge in [-0.3, -0.25) is 5.32 Å². The van der Waals surface area contributed by atoms with Crippen LogP contribution < -0.4 is 5.32 Å². The summed E-state index contributed by atoms with van der Waals surface area (Å²) in [6, 6.07) is 0.511. The van der Waals surface area contributed by atoms with Crippen molar-refractivity contribution in [2.45, 2.75) is 194 Å². The van der Waals surface area contributed by atoms with E-state index in [2.05, 4.69) is 58.7 Å². The van der Waals surface area contributed by atoms with Gasteiger partial charge < -0.3 is 14.2 Å². The summed E-state index contributed by atoms with van der Waals surface area (Å²) in [5.41, 5.74) is 0.338. The van der Waals surface area contributed by atoms with Gasteiger partial charge in [0.25, 0.3) is 0 Å². The highest BCUT2D eigenvalue weighted by molar-refractivity contribution is 5.15. The van der Waals surface area contributed by atoms with Gasteiger partial charge >= 0.3 is 0 Å². The lowest BCUT2D eigenvalue weighted by atomic mass is 9.55. The van der Waals surface area contributed by atoms with Crippen molar-refractivity contribution in [3.63, 3.8) is 0 Å².